The first kappa shape index (κ1) is 14.5. The lowest BCUT2D eigenvalue weighted by Crippen LogP contribution is -2.61. The molecule has 4 bridgehead atoms. The van der Waals surface area contributed by atoms with Gasteiger partial charge in [-0.3, -0.25) is 10.2 Å². The third kappa shape index (κ3) is 1.81. The minimum absolute atomic E-state index is 0.0538. The maximum absolute atomic E-state index is 12.9. The molecule has 5 rings (SSSR count). The van der Waals surface area contributed by atoms with Crippen LogP contribution in [-0.2, 0) is 4.79 Å². The number of hydrogen-bond acceptors (Lipinski definition) is 3. The van der Waals surface area contributed by atoms with Gasteiger partial charge in [0.2, 0.25) is 5.96 Å². The smallest absolute Gasteiger partial charge is 0.267 e. The predicted molar refractivity (Wildman–Crippen MR) is 84.7 cm³/mol. The van der Waals surface area contributed by atoms with Crippen molar-refractivity contribution >= 4 is 11.9 Å². The van der Waals surface area contributed by atoms with Crippen LogP contribution in [0.15, 0.2) is 0 Å². The van der Waals surface area contributed by atoms with Crippen molar-refractivity contribution < 1.29 is 4.79 Å². The van der Waals surface area contributed by atoms with Crippen LogP contribution in [0.25, 0.3) is 0 Å². The number of guanidine groups is 1. The second kappa shape index (κ2) is 4.25. The maximum Gasteiger partial charge on any atom is 0.267 e. The minimum Gasteiger partial charge on any atom is -0.324 e. The zero-order chi connectivity index (χ0) is 15.9. The summed E-state index contributed by atoms with van der Waals surface area (Å²) in [4.78, 5) is 14.9. The van der Waals surface area contributed by atoms with Gasteiger partial charge in [0, 0.05) is 11.0 Å². The lowest BCUT2D eigenvalue weighted by atomic mass is 9.47. The number of carbonyl (C=O) groups excluding carboxylic acids is 1. The van der Waals surface area contributed by atoms with Gasteiger partial charge < -0.3 is 4.90 Å². The molecule has 1 amide bonds. The standard InChI is InChI=1S/C17H28N4O/c1-16(2,3)20-13(14(22)21(19)15(20)18)17-7-10-4-11(8-17)6-12(5-10)9-17/h10-13,18H,4-9,19H2,1-3H3. The zero-order valence-electron chi connectivity index (χ0n) is 13.9. The number of nitrogens with zero attached hydrogens (tertiary/aromatic N) is 2. The van der Waals surface area contributed by atoms with Crippen molar-refractivity contribution in [3.8, 4) is 0 Å². The molecule has 5 nitrogen and oxygen atoms in total. The van der Waals surface area contributed by atoms with Gasteiger partial charge in [0.25, 0.3) is 5.91 Å². The highest BCUT2D eigenvalue weighted by Crippen LogP contribution is 2.63. The summed E-state index contributed by atoms with van der Waals surface area (Å²) in [6, 6.07) is -0.224. The first-order valence-electron chi connectivity index (χ1n) is 8.68. The Morgan fingerprint density at radius 3 is 1.95 bits per heavy atom. The summed E-state index contributed by atoms with van der Waals surface area (Å²) in [7, 11) is 0. The van der Waals surface area contributed by atoms with Gasteiger partial charge >= 0.3 is 0 Å². The molecule has 1 aliphatic heterocycles. The average Bonchev–Trinajstić information content (AvgIpc) is 2.61. The molecule has 122 valence electrons. The molecule has 4 saturated carbocycles. The molecule has 3 N–H and O–H groups in total. The fourth-order valence-corrected chi connectivity index (χ4v) is 6.34. The normalized spacial score (nSPS) is 44.4. The fraction of sp³-hybridized carbons (Fsp3) is 0.882. The first-order chi connectivity index (χ1) is 10.2. The Kier molecular flexibility index (Phi) is 2.80. The highest BCUT2D eigenvalue weighted by atomic mass is 16.2. The Morgan fingerprint density at radius 1 is 1.09 bits per heavy atom. The van der Waals surface area contributed by atoms with Gasteiger partial charge in [0.1, 0.15) is 6.04 Å². The Morgan fingerprint density at radius 2 is 1.55 bits per heavy atom. The Bertz CT molecular complexity index is 500. The number of amides is 1. The van der Waals surface area contributed by atoms with Crippen LogP contribution in [0.4, 0.5) is 0 Å². The van der Waals surface area contributed by atoms with Crippen molar-refractivity contribution in [2.45, 2.75) is 70.9 Å². The van der Waals surface area contributed by atoms with Crippen molar-refractivity contribution in [3.05, 3.63) is 0 Å². The van der Waals surface area contributed by atoms with Crippen molar-refractivity contribution in [2.24, 2.45) is 29.0 Å². The predicted octanol–water partition coefficient (Wildman–Crippen LogP) is 2.32. The molecular formula is C17H28N4O. The minimum atomic E-state index is -0.255. The highest BCUT2D eigenvalue weighted by molar-refractivity contribution is 6.05. The first-order valence-corrected chi connectivity index (χ1v) is 8.68. The van der Waals surface area contributed by atoms with E-state index in [1.54, 1.807) is 0 Å². The third-order valence-corrected chi connectivity index (χ3v) is 6.57. The van der Waals surface area contributed by atoms with Crippen molar-refractivity contribution in [1.82, 2.24) is 9.91 Å². The lowest BCUT2D eigenvalue weighted by Gasteiger charge is -2.60. The van der Waals surface area contributed by atoms with E-state index < -0.39 is 0 Å². The largest absolute Gasteiger partial charge is 0.324 e. The van der Waals surface area contributed by atoms with Gasteiger partial charge in [-0.1, -0.05) is 0 Å². The molecule has 1 saturated heterocycles. The quantitative estimate of drug-likeness (QED) is 0.577. The Hall–Kier alpha value is -1.10. The summed E-state index contributed by atoms with van der Waals surface area (Å²) < 4.78 is 0. The SMILES string of the molecule is CC(C)(C)N1C(=N)N(N)C(=O)C1C12CC3CC(CC(C3)C1)C2. The van der Waals surface area contributed by atoms with Gasteiger partial charge in [-0.2, -0.15) is 0 Å². The zero-order valence-corrected chi connectivity index (χ0v) is 13.9. The van der Waals surface area contributed by atoms with E-state index in [2.05, 4.69) is 20.8 Å². The monoisotopic (exact) mass is 304 g/mol. The number of nitrogens with one attached hydrogen (secondary N) is 1. The molecule has 0 aromatic rings. The molecule has 22 heavy (non-hydrogen) atoms. The molecule has 1 unspecified atom stereocenters. The van der Waals surface area contributed by atoms with Gasteiger partial charge in [-0.15, -0.1) is 0 Å². The Balaban J connectivity index is 1.76. The molecule has 5 aliphatic rings. The molecule has 1 atom stereocenters. The van der Waals surface area contributed by atoms with E-state index in [4.69, 9.17) is 11.3 Å². The molecule has 0 aromatic heterocycles. The van der Waals surface area contributed by atoms with Gasteiger partial charge in [-0.05, 0) is 77.0 Å². The van der Waals surface area contributed by atoms with E-state index in [0.29, 0.717) is 0 Å². The molecule has 5 fully saturated rings. The van der Waals surface area contributed by atoms with Crippen LogP contribution in [0.5, 0.6) is 0 Å². The molecule has 0 spiro atoms. The maximum atomic E-state index is 12.9. The second-order valence-corrected chi connectivity index (χ2v) is 9.26. The van der Waals surface area contributed by atoms with Crippen LogP contribution in [0.3, 0.4) is 0 Å². The summed E-state index contributed by atoms with van der Waals surface area (Å²) in [5, 5.41) is 9.44. The van der Waals surface area contributed by atoms with Gasteiger partial charge in [0.05, 0.1) is 0 Å². The van der Waals surface area contributed by atoms with E-state index in [-0.39, 0.29) is 28.9 Å². The molecule has 0 aromatic carbocycles. The van der Waals surface area contributed by atoms with Crippen LogP contribution in [0, 0.1) is 28.6 Å². The summed E-state index contributed by atoms with van der Waals surface area (Å²) in [5.41, 5.74) is -0.200. The number of carbonyl (C=O) groups is 1. The fourth-order valence-electron chi connectivity index (χ4n) is 6.34. The topological polar surface area (TPSA) is 73.4 Å². The lowest BCUT2D eigenvalue weighted by molar-refractivity contribution is -0.144. The van der Waals surface area contributed by atoms with E-state index in [1.165, 1.54) is 19.3 Å². The van der Waals surface area contributed by atoms with E-state index in [9.17, 15) is 4.79 Å². The number of nitrogens with two attached hydrogens (primary N) is 1. The van der Waals surface area contributed by atoms with Crippen molar-refractivity contribution in [3.63, 3.8) is 0 Å². The van der Waals surface area contributed by atoms with Crippen LogP contribution < -0.4 is 5.84 Å². The van der Waals surface area contributed by atoms with Crippen molar-refractivity contribution in [2.75, 3.05) is 0 Å². The Labute approximate surface area is 132 Å². The van der Waals surface area contributed by atoms with E-state index in [1.807, 2.05) is 4.90 Å². The summed E-state index contributed by atoms with van der Waals surface area (Å²) in [6.45, 7) is 6.25. The third-order valence-electron chi connectivity index (χ3n) is 6.57. The van der Waals surface area contributed by atoms with Crippen LogP contribution in [-0.4, -0.2) is 33.4 Å². The van der Waals surface area contributed by atoms with Crippen LogP contribution in [0.1, 0.15) is 59.3 Å². The second-order valence-electron chi connectivity index (χ2n) is 9.26. The van der Waals surface area contributed by atoms with Crippen molar-refractivity contribution in [1.29, 1.82) is 5.41 Å². The van der Waals surface area contributed by atoms with E-state index in [0.717, 1.165) is 42.0 Å². The molecule has 4 aliphatic carbocycles. The van der Waals surface area contributed by atoms with E-state index >= 15 is 0 Å². The summed E-state index contributed by atoms with van der Waals surface area (Å²) in [6.07, 6.45) is 7.55. The number of hydrogen-bond donors (Lipinski definition) is 2. The molecule has 5 heteroatoms. The summed E-state index contributed by atoms with van der Waals surface area (Å²) >= 11 is 0. The van der Waals surface area contributed by atoms with Gasteiger partial charge in [0.15, 0.2) is 0 Å². The number of hydrazine groups is 1. The van der Waals surface area contributed by atoms with Crippen LogP contribution in [0.2, 0.25) is 0 Å². The van der Waals surface area contributed by atoms with Gasteiger partial charge in [-0.25, -0.2) is 10.9 Å². The highest BCUT2D eigenvalue weighted by Gasteiger charge is 2.62. The average molecular weight is 304 g/mol. The van der Waals surface area contributed by atoms with Crippen LogP contribution >= 0.6 is 0 Å². The molecule has 1 heterocycles. The number of rotatable bonds is 1. The molecular weight excluding hydrogens is 276 g/mol. The molecule has 0 radical (unpaired) electrons. The summed E-state index contributed by atoms with van der Waals surface area (Å²) in [5.74, 6) is 8.44.